The van der Waals surface area contributed by atoms with Crippen LogP contribution in [0.5, 0.6) is 11.5 Å². The van der Waals surface area contributed by atoms with Crippen molar-refractivity contribution in [1.29, 1.82) is 0 Å². The minimum atomic E-state index is -1.34. The van der Waals surface area contributed by atoms with Gasteiger partial charge in [0.1, 0.15) is 23.9 Å². The summed E-state index contributed by atoms with van der Waals surface area (Å²) in [5.41, 5.74) is 1.04. The van der Waals surface area contributed by atoms with E-state index in [9.17, 15) is 9.59 Å². The summed E-state index contributed by atoms with van der Waals surface area (Å²) in [6.07, 6.45) is 0.623. The lowest BCUT2D eigenvalue weighted by Gasteiger charge is -2.35. The Hall–Kier alpha value is -4.47. The second kappa shape index (κ2) is 11.5. The highest BCUT2D eigenvalue weighted by Gasteiger charge is 2.37. The highest BCUT2D eigenvalue weighted by molar-refractivity contribution is 6.02. The number of carbonyl (C=O) groups excluding carboxylic acids is 2. The average molecular weight is 534 g/mol. The molecule has 4 aromatic rings. The lowest BCUT2D eigenvalue weighted by molar-refractivity contribution is -0.128. The Kier molecular flexibility index (Phi) is 8.13. The minimum absolute atomic E-state index is 0.0495. The molecule has 0 saturated carbocycles. The Morgan fingerprint density at radius 3 is 2.41 bits per heavy atom. The molecule has 9 nitrogen and oxygen atoms in total. The predicted molar refractivity (Wildman–Crippen MR) is 146 cm³/mol. The lowest BCUT2D eigenvalue weighted by atomic mass is 9.97. The van der Waals surface area contributed by atoms with E-state index in [1.807, 2.05) is 32.9 Å². The summed E-state index contributed by atoms with van der Waals surface area (Å²) in [7, 11) is 2.97. The van der Waals surface area contributed by atoms with Gasteiger partial charge < -0.3 is 14.8 Å². The summed E-state index contributed by atoms with van der Waals surface area (Å²) < 4.78 is 27.6. The summed E-state index contributed by atoms with van der Waals surface area (Å²) in [5.74, 6) is -0.860. The van der Waals surface area contributed by atoms with E-state index in [1.165, 1.54) is 42.0 Å². The summed E-state index contributed by atoms with van der Waals surface area (Å²) in [6.45, 7) is 5.43. The second-order valence-electron chi connectivity index (χ2n) is 9.69. The van der Waals surface area contributed by atoms with Gasteiger partial charge in [0.05, 0.1) is 19.7 Å². The zero-order valence-electron chi connectivity index (χ0n) is 22.6. The third-order valence-corrected chi connectivity index (χ3v) is 6.67. The van der Waals surface area contributed by atoms with Gasteiger partial charge in [0.2, 0.25) is 11.8 Å². The van der Waals surface area contributed by atoms with Gasteiger partial charge in [-0.15, -0.1) is 5.10 Å². The lowest BCUT2D eigenvalue weighted by Crippen LogP contribution is -2.51. The molecule has 0 aliphatic rings. The number of para-hydroxylation sites is 1. The number of rotatable bonds is 10. The van der Waals surface area contributed by atoms with Gasteiger partial charge in [-0.25, -0.2) is 9.07 Å². The number of halogens is 1. The zero-order valence-corrected chi connectivity index (χ0v) is 22.6. The molecule has 1 atom stereocenters. The van der Waals surface area contributed by atoms with E-state index >= 15 is 4.39 Å². The van der Waals surface area contributed by atoms with Crippen molar-refractivity contribution in [2.24, 2.45) is 0 Å². The van der Waals surface area contributed by atoms with Gasteiger partial charge in [-0.2, -0.15) is 0 Å². The van der Waals surface area contributed by atoms with Crippen molar-refractivity contribution >= 4 is 28.5 Å². The molecule has 204 valence electrons. The first kappa shape index (κ1) is 27.6. The number of hydrogen-bond acceptors (Lipinski definition) is 6. The number of amides is 2. The van der Waals surface area contributed by atoms with E-state index in [4.69, 9.17) is 9.47 Å². The SMILES string of the molecule is CCC(C)(C)NC(=O)C(c1ccccc1F)N(C(=O)Cn1nnc2ccccc21)c1ccc(OC)c(OC)c1. The molecule has 0 radical (unpaired) electrons. The molecule has 39 heavy (non-hydrogen) atoms. The number of hydrogen-bond donors (Lipinski definition) is 1. The number of methoxy groups -OCH3 is 2. The molecular weight excluding hydrogens is 501 g/mol. The number of nitrogens with one attached hydrogen (secondary N) is 1. The maximum Gasteiger partial charge on any atom is 0.249 e. The molecule has 4 rings (SSSR count). The number of aromatic nitrogens is 3. The topological polar surface area (TPSA) is 98.6 Å². The van der Waals surface area contributed by atoms with Gasteiger partial charge >= 0.3 is 0 Å². The molecule has 1 heterocycles. The van der Waals surface area contributed by atoms with E-state index < -0.39 is 29.2 Å². The van der Waals surface area contributed by atoms with Crippen molar-refractivity contribution in [3.8, 4) is 11.5 Å². The van der Waals surface area contributed by atoms with E-state index in [2.05, 4.69) is 15.6 Å². The maximum atomic E-state index is 15.3. The summed E-state index contributed by atoms with van der Waals surface area (Å²) in [6, 6.07) is 16.7. The fourth-order valence-corrected chi connectivity index (χ4v) is 4.23. The number of fused-ring (bicyclic) bond motifs is 1. The molecule has 10 heteroatoms. The molecule has 0 aliphatic heterocycles. The Morgan fingerprint density at radius 2 is 1.72 bits per heavy atom. The molecule has 0 saturated heterocycles. The molecule has 0 fully saturated rings. The third-order valence-electron chi connectivity index (χ3n) is 6.67. The van der Waals surface area contributed by atoms with E-state index in [-0.39, 0.29) is 12.1 Å². The fourth-order valence-electron chi connectivity index (χ4n) is 4.23. The Bertz CT molecular complexity index is 1490. The third kappa shape index (κ3) is 5.84. The van der Waals surface area contributed by atoms with Crippen LogP contribution in [0.3, 0.4) is 0 Å². The van der Waals surface area contributed by atoms with Crippen LogP contribution in [0.4, 0.5) is 10.1 Å². The quantitative estimate of drug-likeness (QED) is 0.318. The molecule has 0 spiro atoms. The van der Waals surface area contributed by atoms with Crippen LogP contribution in [0.15, 0.2) is 66.7 Å². The standard InChI is InChI=1S/C29H32FN5O4/c1-6-29(2,3)31-28(37)27(20-11-7-8-12-21(20)30)35(19-15-16-24(38-4)25(17-19)39-5)26(36)18-34-23-14-10-9-13-22(23)32-33-34/h7-17,27H,6,18H2,1-5H3,(H,31,37). The Balaban J connectivity index is 1.88. The van der Waals surface area contributed by atoms with Gasteiger partial charge in [0.25, 0.3) is 0 Å². The summed E-state index contributed by atoms with van der Waals surface area (Å²) in [5, 5.41) is 11.3. The van der Waals surface area contributed by atoms with Crippen molar-refractivity contribution in [3.63, 3.8) is 0 Å². The Morgan fingerprint density at radius 1 is 1.03 bits per heavy atom. The van der Waals surface area contributed by atoms with Gasteiger partial charge in [-0.05, 0) is 50.6 Å². The predicted octanol–water partition coefficient (Wildman–Crippen LogP) is 4.67. The zero-order chi connectivity index (χ0) is 28.2. The number of anilines is 1. The average Bonchev–Trinajstić information content (AvgIpc) is 3.34. The van der Waals surface area contributed by atoms with Crippen molar-refractivity contribution in [2.45, 2.75) is 45.3 Å². The van der Waals surface area contributed by atoms with Crippen molar-refractivity contribution in [3.05, 3.63) is 78.1 Å². The minimum Gasteiger partial charge on any atom is -0.493 e. The van der Waals surface area contributed by atoms with Crippen molar-refractivity contribution < 1.29 is 23.5 Å². The van der Waals surface area contributed by atoms with Crippen LogP contribution < -0.4 is 19.7 Å². The number of nitrogens with zero attached hydrogens (tertiary/aromatic N) is 4. The number of carbonyl (C=O) groups is 2. The second-order valence-corrected chi connectivity index (χ2v) is 9.69. The molecule has 0 aliphatic carbocycles. The first-order chi connectivity index (χ1) is 18.7. The van der Waals surface area contributed by atoms with Crippen LogP contribution in [0.2, 0.25) is 0 Å². The molecule has 2 amide bonds. The van der Waals surface area contributed by atoms with Crippen LogP contribution in [0.25, 0.3) is 11.0 Å². The summed E-state index contributed by atoms with van der Waals surface area (Å²) >= 11 is 0. The molecule has 0 bridgehead atoms. The van der Waals surface area contributed by atoms with E-state index in [0.717, 1.165) is 0 Å². The monoisotopic (exact) mass is 533 g/mol. The van der Waals surface area contributed by atoms with Gasteiger partial charge in [-0.1, -0.05) is 42.5 Å². The van der Waals surface area contributed by atoms with Gasteiger partial charge in [-0.3, -0.25) is 14.5 Å². The number of benzene rings is 3. The van der Waals surface area contributed by atoms with Crippen LogP contribution >= 0.6 is 0 Å². The van der Waals surface area contributed by atoms with Crippen LogP contribution in [-0.4, -0.2) is 46.6 Å². The van der Waals surface area contributed by atoms with E-state index in [0.29, 0.717) is 34.6 Å². The highest BCUT2D eigenvalue weighted by Crippen LogP contribution is 2.36. The molecule has 1 N–H and O–H groups in total. The fraction of sp³-hybridized carbons (Fsp3) is 0.310. The van der Waals surface area contributed by atoms with Gasteiger partial charge in [0, 0.05) is 22.9 Å². The first-order valence-corrected chi connectivity index (χ1v) is 12.6. The van der Waals surface area contributed by atoms with Crippen LogP contribution in [0.1, 0.15) is 38.8 Å². The largest absolute Gasteiger partial charge is 0.493 e. The normalized spacial score (nSPS) is 12.2. The highest BCUT2D eigenvalue weighted by atomic mass is 19.1. The number of ether oxygens (including phenoxy) is 2. The Labute approximate surface area is 226 Å². The van der Waals surface area contributed by atoms with Crippen LogP contribution in [0, 0.1) is 5.82 Å². The molecular formula is C29H32FN5O4. The summed E-state index contributed by atoms with van der Waals surface area (Å²) in [4.78, 5) is 29.3. The van der Waals surface area contributed by atoms with Gasteiger partial charge in [0.15, 0.2) is 11.5 Å². The van der Waals surface area contributed by atoms with Crippen molar-refractivity contribution in [1.82, 2.24) is 20.3 Å². The van der Waals surface area contributed by atoms with E-state index in [1.54, 1.807) is 36.4 Å². The maximum absolute atomic E-state index is 15.3. The molecule has 3 aromatic carbocycles. The first-order valence-electron chi connectivity index (χ1n) is 12.6. The molecule has 1 unspecified atom stereocenters. The van der Waals surface area contributed by atoms with Crippen LogP contribution in [-0.2, 0) is 16.1 Å². The smallest absolute Gasteiger partial charge is 0.249 e. The van der Waals surface area contributed by atoms with Crippen molar-refractivity contribution in [2.75, 3.05) is 19.1 Å². The molecule has 1 aromatic heterocycles.